The van der Waals surface area contributed by atoms with E-state index in [1.165, 1.54) is 0 Å². The van der Waals surface area contributed by atoms with Gasteiger partial charge in [-0.05, 0) is 37.0 Å². The smallest absolute Gasteiger partial charge is 0.327 e. The maximum absolute atomic E-state index is 5.83. The van der Waals surface area contributed by atoms with Gasteiger partial charge in [0, 0.05) is 12.0 Å². The lowest BCUT2D eigenvalue weighted by Gasteiger charge is -2.10. The average molecular weight is 352 g/mol. The fraction of sp³-hybridized carbons (Fsp3) is 0.333. The van der Waals surface area contributed by atoms with Gasteiger partial charge in [-0.1, -0.05) is 13.0 Å². The first-order valence-corrected chi connectivity index (χ1v) is 8.62. The molecule has 2 heterocycles. The van der Waals surface area contributed by atoms with Crippen molar-refractivity contribution in [1.82, 2.24) is 24.8 Å². The van der Waals surface area contributed by atoms with Crippen molar-refractivity contribution in [1.29, 1.82) is 0 Å². The van der Waals surface area contributed by atoms with Crippen molar-refractivity contribution in [2.75, 3.05) is 12.5 Å². The number of anilines is 1. The monoisotopic (exact) mass is 352 g/mol. The number of benzene rings is 1. The number of methoxy groups -OCH3 is 1. The van der Waals surface area contributed by atoms with Crippen LogP contribution in [-0.4, -0.2) is 32.0 Å². The van der Waals surface area contributed by atoms with Crippen LogP contribution in [0.2, 0.25) is 0 Å². The minimum atomic E-state index is 0.250. The maximum Gasteiger partial charge on any atom is 0.327 e. The van der Waals surface area contributed by atoms with Crippen LogP contribution in [0, 0.1) is 0 Å². The molecule has 3 aromatic rings. The van der Waals surface area contributed by atoms with Gasteiger partial charge in [0.05, 0.1) is 19.5 Å². The highest BCUT2D eigenvalue weighted by molar-refractivity contribution is 5.35. The van der Waals surface area contributed by atoms with Crippen LogP contribution in [-0.2, 0) is 6.42 Å². The van der Waals surface area contributed by atoms with Crippen LogP contribution in [0.4, 0.5) is 5.95 Å². The van der Waals surface area contributed by atoms with E-state index in [9.17, 15) is 0 Å². The molecule has 1 aromatic carbocycles. The summed E-state index contributed by atoms with van der Waals surface area (Å²) in [4.78, 5) is 14.9. The molecule has 1 N–H and O–H groups in total. The number of ether oxygens (including phenoxy) is 2. The van der Waals surface area contributed by atoms with E-state index in [1.54, 1.807) is 18.0 Å². The van der Waals surface area contributed by atoms with Gasteiger partial charge in [-0.3, -0.25) is 0 Å². The molecule has 8 nitrogen and oxygen atoms in total. The normalized spacial score (nSPS) is 13.5. The molecular weight excluding hydrogens is 332 g/mol. The molecule has 134 valence electrons. The van der Waals surface area contributed by atoms with E-state index in [-0.39, 0.29) is 6.01 Å². The van der Waals surface area contributed by atoms with Crippen molar-refractivity contribution < 1.29 is 9.47 Å². The van der Waals surface area contributed by atoms with Crippen molar-refractivity contribution in [3.63, 3.8) is 0 Å². The van der Waals surface area contributed by atoms with Gasteiger partial charge in [0.25, 0.3) is 0 Å². The summed E-state index contributed by atoms with van der Waals surface area (Å²) in [6.07, 6.45) is 6.80. The molecule has 2 aromatic heterocycles. The van der Waals surface area contributed by atoms with Gasteiger partial charge in [0.15, 0.2) is 0 Å². The Balaban J connectivity index is 1.60. The SMILES string of the molecule is CCc1cnn(Nc2nc(Oc3cccc(OC)c3)nc(C3CC3)n2)c1. The second-order valence-electron chi connectivity index (χ2n) is 6.11. The van der Waals surface area contributed by atoms with Crippen molar-refractivity contribution in [3.05, 3.63) is 48.0 Å². The van der Waals surface area contributed by atoms with E-state index in [4.69, 9.17) is 9.47 Å². The van der Waals surface area contributed by atoms with Crippen LogP contribution in [0.25, 0.3) is 0 Å². The summed E-state index contributed by atoms with van der Waals surface area (Å²) in [6.45, 7) is 2.08. The van der Waals surface area contributed by atoms with E-state index in [0.717, 1.165) is 30.7 Å². The first kappa shape index (κ1) is 16.3. The summed E-state index contributed by atoms with van der Waals surface area (Å²) < 4.78 is 11.1. The Hall–Kier alpha value is -3.16. The highest BCUT2D eigenvalue weighted by Gasteiger charge is 2.28. The van der Waals surface area contributed by atoms with Crippen LogP contribution >= 0.6 is 0 Å². The maximum atomic E-state index is 5.83. The summed E-state index contributed by atoms with van der Waals surface area (Å²) >= 11 is 0. The van der Waals surface area contributed by atoms with Crippen LogP contribution in [0.3, 0.4) is 0 Å². The molecule has 0 bridgehead atoms. The molecule has 1 fully saturated rings. The topological polar surface area (TPSA) is 87.0 Å². The Morgan fingerprint density at radius 3 is 2.77 bits per heavy atom. The zero-order chi connectivity index (χ0) is 17.9. The number of rotatable bonds is 7. The molecular formula is C18H20N6O2. The number of nitrogens with one attached hydrogen (secondary N) is 1. The number of aromatic nitrogens is 5. The lowest BCUT2D eigenvalue weighted by atomic mass is 10.3. The van der Waals surface area contributed by atoms with Gasteiger partial charge < -0.3 is 9.47 Å². The molecule has 0 saturated heterocycles. The van der Waals surface area contributed by atoms with E-state index in [1.807, 2.05) is 30.6 Å². The summed E-state index contributed by atoms with van der Waals surface area (Å²) in [5.41, 5.74) is 4.20. The summed E-state index contributed by atoms with van der Waals surface area (Å²) in [6, 6.07) is 7.57. The summed E-state index contributed by atoms with van der Waals surface area (Å²) in [5, 5.41) is 4.26. The lowest BCUT2D eigenvalue weighted by molar-refractivity contribution is 0.403. The number of nitrogens with zero attached hydrogens (tertiary/aromatic N) is 5. The highest BCUT2D eigenvalue weighted by atomic mass is 16.5. The Kier molecular flexibility index (Phi) is 4.39. The van der Waals surface area contributed by atoms with Gasteiger partial charge in [-0.2, -0.15) is 24.8 Å². The minimum Gasteiger partial charge on any atom is -0.497 e. The zero-order valence-corrected chi connectivity index (χ0v) is 14.7. The van der Waals surface area contributed by atoms with E-state index in [0.29, 0.717) is 23.4 Å². The predicted molar refractivity (Wildman–Crippen MR) is 95.5 cm³/mol. The zero-order valence-electron chi connectivity index (χ0n) is 14.7. The minimum absolute atomic E-state index is 0.250. The Bertz CT molecular complexity index is 906. The molecule has 0 atom stereocenters. The third kappa shape index (κ3) is 3.74. The van der Waals surface area contributed by atoms with Gasteiger partial charge in [0.2, 0.25) is 5.95 Å². The number of hydrogen-bond donors (Lipinski definition) is 1. The van der Waals surface area contributed by atoms with Crippen molar-refractivity contribution in [3.8, 4) is 17.5 Å². The van der Waals surface area contributed by atoms with Crippen LogP contribution in [0.15, 0.2) is 36.7 Å². The molecule has 0 unspecified atom stereocenters. The van der Waals surface area contributed by atoms with Gasteiger partial charge >= 0.3 is 6.01 Å². The third-order valence-electron chi connectivity index (χ3n) is 4.08. The third-order valence-corrected chi connectivity index (χ3v) is 4.08. The Labute approximate surface area is 151 Å². The van der Waals surface area contributed by atoms with Crippen molar-refractivity contribution >= 4 is 5.95 Å². The van der Waals surface area contributed by atoms with Crippen molar-refractivity contribution in [2.24, 2.45) is 0 Å². The Morgan fingerprint density at radius 1 is 1.19 bits per heavy atom. The number of hydrogen-bond acceptors (Lipinski definition) is 7. The molecule has 4 rings (SSSR count). The molecule has 1 aliphatic carbocycles. The first-order chi connectivity index (χ1) is 12.7. The highest BCUT2D eigenvalue weighted by Crippen LogP contribution is 2.39. The molecule has 26 heavy (non-hydrogen) atoms. The predicted octanol–water partition coefficient (Wildman–Crippen LogP) is 3.18. The van der Waals surface area contributed by atoms with Crippen molar-refractivity contribution in [2.45, 2.75) is 32.1 Å². The quantitative estimate of drug-likeness (QED) is 0.699. The van der Waals surface area contributed by atoms with E-state index < -0.39 is 0 Å². The molecule has 8 heteroatoms. The van der Waals surface area contributed by atoms with Crippen LogP contribution < -0.4 is 14.9 Å². The fourth-order valence-corrected chi connectivity index (χ4v) is 2.47. The summed E-state index contributed by atoms with van der Waals surface area (Å²) in [5.74, 6) is 2.83. The van der Waals surface area contributed by atoms with Gasteiger partial charge in [0.1, 0.15) is 17.3 Å². The fourth-order valence-electron chi connectivity index (χ4n) is 2.47. The molecule has 0 aliphatic heterocycles. The molecule has 0 amide bonds. The van der Waals surface area contributed by atoms with Gasteiger partial charge in [-0.25, -0.2) is 5.43 Å². The average Bonchev–Trinajstić information content (AvgIpc) is 3.42. The van der Waals surface area contributed by atoms with E-state index in [2.05, 4.69) is 32.4 Å². The standard InChI is InChI=1S/C18H20N6O2/c1-3-12-10-19-24(11-12)23-17-20-16(13-7-8-13)21-18(22-17)26-15-6-4-5-14(9-15)25-2/h4-6,9-11,13H,3,7-8H2,1-2H3,(H,20,21,22,23). The number of aryl methyl sites for hydroxylation is 1. The molecule has 0 spiro atoms. The van der Waals surface area contributed by atoms with Crippen LogP contribution in [0.5, 0.6) is 17.5 Å². The van der Waals surface area contributed by atoms with Gasteiger partial charge in [-0.15, -0.1) is 0 Å². The van der Waals surface area contributed by atoms with E-state index >= 15 is 0 Å². The second kappa shape index (κ2) is 6.99. The first-order valence-electron chi connectivity index (χ1n) is 8.62. The van der Waals surface area contributed by atoms with Crippen LogP contribution in [0.1, 0.15) is 37.1 Å². The second-order valence-corrected chi connectivity index (χ2v) is 6.11. The lowest BCUT2D eigenvalue weighted by Crippen LogP contribution is -2.14. The molecule has 1 saturated carbocycles. The molecule has 0 radical (unpaired) electrons. The largest absolute Gasteiger partial charge is 0.497 e. The molecule has 1 aliphatic rings. The Morgan fingerprint density at radius 2 is 2.04 bits per heavy atom. The summed E-state index contributed by atoms with van der Waals surface area (Å²) in [7, 11) is 1.61.